The van der Waals surface area contributed by atoms with Crippen LogP contribution in [0.2, 0.25) is 5.02 Å². The van der Waals surface area contributed by atoms with Crippen LogP contribution in [0.5, 0.6) is 0 Å². The van der Waals surface area contributed by atoms with Crippen LogP contribution in [0.3, 0.4) is 0 Å². The SMILES string of the molecule is NC/C=C/CNc1cnn(CCO)c(=O)c1Cl. The van der Waals surface area contributed by atoms with E-state index in [1.54, 1.807) is 6.08 Å². The molecule has 6 nitrogen and oxygen atoms in total. The molecule has 1 rings (SSSR count). The highest BCUT2D eigenvalue weighted by Crippen LogP contribution is 2.14. The van der Waals surface area contributed by atoms with Gasteiger partial charge in [-0.3, -0.25) is 4.79 Å². The van der Waals surface area contributed by atoms with E-state index in [4.69, 9.17) is 22.4 Å². The van der Waals surface area contributed by atoms with Crippen molar-refractivity contribution in [3.8, 4) is 0 Å². The molecular formula is C10H15ClN4O2. The van der Waals surface area contributed by atoms with Gasteiger partial charge in [0.25, 0.3) is 5.56 Å². The molecule has 94 valence electrons. The third-order valence-electron chi connectivity index (χ3n) is 2.01. The van der Waals surface area contributed by atoms with Gasteiger partial charge in [-0.25, -0.2) is 4.68 Å². The minimum absolute atomic E-state index is 0.0644. The molecule has 17 heavy (non-hydrogen) atoms. The second-order valence-electron chi connectivity index (χ2n) is 3.21. The van der Waals surface area contributed by atoms with Gasteiger partial charge >= 0.3 is 0 Å². The van der Waals surface area contributed by atoms with Crippen LogP contribution in [0.25, 0.3) is 0 Å². The highest BCUT2D eigenvalue weighted by atomic mass is 35.5. The summed E-state index contributed by atoms with van der Waals surface area (Å²) in [5.74, 6) is 0. The van der Waals surface area contributed by atoms with Crippen molar-refractivity contribution in [1.29, 1.82) is 0 Å². The maximum absolute atomic E-state index is 11.6. The summed E-state index contributed by atoms with van der Waals surface area (Å²) in [5, 5.41) is 15.6. The summed E-state index contributed by atoms with van der Waals surface area (Å²) in [7, 11) is 0. The zero-order valence-corrected chi connectivity index (χ0v) is 10.0. The zero-order chi connectivity index (χ0) is 12.7. The van der Waals surface area contributed by atoms with Crippen molar-refractivity contribution in [2.45, 2.75) is 6.54 Å². The van der Waals surface area contributed by atoms with Gasteiger partial charge in [0.15, 0.2) is 0 Å². The van der Waals surface area contributed by atoms with E-state index in [0.717, 1.165) is 4.68 Å². The van der Waals surface area contributed by atoms with Gasteiger partial charge in [0.05, 0.1) is 25.0 Å². The van der Waals surface area contributed by atoms with E-state index >= 15 is 0 Å². The maximum atomic E-state index is 11.6. The molecule has 0 fully saturated rings. The lowest BCUT2D eigenvalue weighted by Crippen LogP contribution is -2.25. The van der Waals surface area contributed by atoms with Gasteiger partial charge in [-0.05, 0) is 0 Å². The molecular weight excluding hydrogens is 244 g/mol. The molecule has 0 saturated heterocycles. The summed E-state index contributed by atoms with van der Waals surface area (Å²) < 4.78 is 1.11. The standard InChI is InChI=1S/C10H15ClN4O2/c11-9-8(13-4-2-1-3-12)7-14-15(5-6-16)10(9)17/h1-2,7,13,16H,3-6,12H2/b2-1+. The van der Waals surface area contributed by atoms with E-state index in [0.29, 0.717) is 18.8 Å². The largest absolute Gasteiger partial charge is 0.394 e. The van der Waals surface area contributed by atoms with Crippen LogP contribution >= 0.6 is 11.6 Å². The van der Waals surface area contributed by atoms with E-state index in [-0.39, 0.29) is 18.2 Å². The van der Waals surface area contributed by atoms with Crippen LogP contribution in [0, 0.1) is 0 Å². The molecule has 0 aliphatic heterocycles. The van der Waals surface area contributed by atoms with Crippen LogP contribution in [0.15, 0.2) is 23.1 Å². The van der Waals surface area contributed by atoms with Gasteiger partial charge in [0.1, 0.15) is 5.02 Å². The molecule has 0 aliphatic rings. The molecule has 1 aromatic rings. The summed E-state index contributed by atoms with van der Waals surface area (Å²) >= 11 is 5.88. The topological polar surface area (TPSA) is 93.2 Å². The predicted octanol–water partition coefficient (Wildman–Crippen LogP) is -0.184. The van der Waals surface area contributed by atoms with E-state index in [2.05, 4.69) is 10.4 Å². The van der Waals surface area contributed by atoms with Crippen molar-refractivity contribution in [2.24, 2.45) is 5.73 Å². The molecule has 0 radical (unpaired) electrons. The quantitative estimate of drug-likeness (QED) is 0.616. The molecule has 0 aromatic carbocycles. The average molecular weight is 259 g/mol. The number of halogens is 1. The van der Waals surface area contributed by atoms with Crippen molar-refractivity contribution in [3.63, 3.8) is 0 Å². The maximum Gasteiger partial charge on any atom is 0.287 e. The minimum atomic E-state index is -0.423. The average Bonchev–Trinajstić information content (AvgIpc) is 2.33. The molecule has 0 unspecified atom stereocenters. The molecule has 1 heterocycles. The Balaban J connectivity index is 2.78. The first-order valence-electron chi connectivity index (χ1n) is 5.16. The fourth-order valence-electron chi connectivity index (χ4n) is 1.19. The Hall–Kier alpha value is -1.37. The first-order chi connectivity index (χ1) is 8.20. The smallest absolute Gasteiger partial charge is 0.287 e. The van der Waals surface area contributed by atoms with E-state index < -0.39 is 5.56 Å². The van der Waals surface area contributed by atoms with Crippen LogP contribution in [0.4, 0.5) is 5.69 Å². The van der Waals surface area contributed by atoms with Crippen molar-refractivity contribution >= 4 is 17.3 Å². The normalized spacial score (nSPS) is 11.0. The van der Waals surface area contributed by atoms with Crippen LogP contribution < -0.4 is 16.6 Å². The second-order valence-corrected chi connectivity index (χ2v) is 3.59. The molecule has 0 bridgehead atoms. The van der Waals surface area contributed by atoms with Gasteiger partial charge in [-0.15, -0.1) is 0 Å². The third kappa shape index (κ3) is 3.85. The van der Waals surface area contributed by atoms with Crippen LogP contribution in [-0.4, -0.2) is 34.6 Å². The Morgan fingerprint density at radius 1 is 1.59 bits per heavy atom. The first-order valence-corrected chi connectivity index (χ1v) is 5.54. The van der Waals surface area contributed by atoms with E-state index in [1.807, 2.05) is 6.08 Å². The minimum Gasteiger partial charge on any atom is -0.394 e. The number of aromatic nitrogens is 2. The Kier molecular flexibility index (Phi) is 5.68. The number of nitrogens with zero attached hydrogens (tertiary/aromatic N) is 2. The molecule has 1 aromatic heterocycles. The van der Waals surface area contributed by atoms with Gasteiger partial charge in [-0.2, -0.15) is 5.10 Å². The number of rotatable bonds is 6. The summed E-state index contributed by atoms with van der Waals surface area (Å²) in [6.45, 7) is 0.953. The Morgan fingerprint density at radius 3 is 3.00 bits per heavy atom. The lowest BCUT2D eigenvalue weighted by molar-refractivity contribution is 0.266. The zero-order valence-electron chi connectivity index (χ0n) is 9.27. The Bertz CT molecular complexity index is 444. The summed E-state index contributed by atoms with van der Waals surface area (Å²) in [5.41, 5.74) is 5.33. The highest BCUT2D eigenvalue weighted by molar-refractivity contribution is 6.32. The fraction of sp³-hybridized carbons (Fsp3) is 0.400. The number of hydrogen-bond donors (Lipinski definition) is 3. The van der Waals surface area contributed by atoms with Crippen molar-refractivity contribution in [2.75, 3.05) is 25.0 Å². The number of anilines is 1. The molecule has 4 N–H and O–H groups in total. The molecule has 0 aliphatic carbocycles. The van der Waals surface area contributed by atoms with Crippen molar-refractivity contribution in [3.05, 3.63) is 33.7 Å². The van der Waals surface area contributed by atoms with Gasteiger partial charge in [0.2, 0.25) is 0 Å². The van der Waals surface area contributed by atoms with Gasteiger partial charge < -0.3 is 16.2 Å². The summed E-state index contributed by atoms with van der Waals surface area (Å²) in [4.78, 5) is 11.6. The lowest BCUT2D eigenvalue weighted by atomic mass is 10.4. The number of nitrogens with one attached hydrogen (secondary N) is 1. The number of aliphatic hydroxyl groups is 1. The molecule has 0 spiro atoms. The van der Waals surface area contributed by atoms with Gasteiger partial charge in [-0.1, -0.05) is 23.8 Å². The van der Waals surface area contributed by atoms with Gasteiger partial charge in [0, 0.05) is 13.1 Å². The summed E-state index contributed by atoms with van der Waals surface area (Å²) in [6, 6.07) is 0. The molecule has 7 heteroatoms. The highest BCUT2D eigenvalue weighted by Gasteiger charge is 2.07. The molecule has 0 amide bonds. The fourth-order valence-corrected chi connectivity index (χ4v) is 1.40. The molecule has 0 atom stereocenters. The third-order valence-corrected chi connectivity index (χ3v) is 2.38. The van der Waals surface area contributed by atoms with Crippen LogP contribution in [-0.2, 0) is 6.54 Å². The molecule has 0 saturated carbocycles. The monoisotopic (exact) mass is 258 g/mol. The Labute approximate surface area is 104 Å². The van der Waals surface area contributed by atoms with Crippen molar-refractivity contribution < 1.29 is 5.11 Å². The number of aliphatic hydroxyl groups excluding tert-OH is 1. The number of nitrogens with two attached hydrogens (primary N) is 1. The lowest BCUT2D eigenvalue weighted by Gasteiger charge is -2.07. The summed E-state index contributed by atoms with van der Waals surface area (Å²) in [6.07, 6.45) is 5.08. The van der Waals surface area contributed by atoms with Crippen molar-refractivity contribution in [1.82, 2.24) is 9.78 Å². The first kappa shape index (κ1) is 13.7. The number of hydrogen-bond acceptors (Lipinski definition) is 5. The Morgan fingerprint density at radius 2 is 2.35 bits per heavy atom. The second kappa shape index (κ2) is 7.05. The predicted molar refractivity (Wildman–Crippen MR) is 67.3 cm³/mol. The van der Waals surface area contributed by atoms with Crippen LogP contribution in [0.1, 0.15) is 0 Å². The van der Waals surface area contributed by atoms with E-state index in [1.165, 1.54) is 6.20 Å². The van der Waals surface area contributed by atoms with E-state index in [9.17, 15) is 4.79 Å².